The Morgan fingerprint density at radius 1 is 1.25 bits per heavy atom. The number of carbonyl (C=O) groups excluding carboxylic acids is 1. The average molecular weight is 325 g/mol. The van der Waals surface area contributed by atoms with Crippen molar-refractivity contribution in [2.75, 3.05) is 6.54 Å². The number of benzene rings is 1. The summed E-state index contributed by atoms with van der Waals surface area (Å²) in [6, 6.07) is 8.91. The van der Waals surface area contributed by atoms with Gasteiger partial charge in [0, 0.05) is 13.0 Å². The smallest absolute Gasteiger partial charge is 0.220 e. The first-order chi connectivity index (χ1) is 11.8. The fourth-order valence-corrected chi connectivity index (χ4v) is 3.20. The molecule has 2 N–H and O–H groups in total. The molecule has 6 heteroatoms. The zero-order valence-electron chi connectivity index (χ0n) is 13.8. The minimum absolute atomic E-state index is 0.0820. The molecule has 24 heavy (non-hydrogen) atoms. The van der Waals surface area contributed by atoms with E-state index < -0.39 is 0 Å². The summed E-state index contributed by atoms with van der Waals surface area (Å²) in [6.45, 7) is 0.613. The van der Waals surface area contributed by atoms with Gasteiger partial charge in [-0.05, 0) is 55.6 Å². The summed E-state index contributed by atoms with van der Waals surface area (Å²) in [7, 11) is 0. The molecule has 1 amide bonds. The van der Waals surface area contributed by atoms with Crippen molar-refractivity contribution in [3.63, 3.8) is 0 Å². The monoisotopic (exact) mass is 325 g/mol. The molecule has 2 aromatic rings. The first-order valence-corrected chi connectivity index (χ1v) is 8.85. The van der Waals surface area contributed by atoms with Gasteiger partial charge in [-0.2, -0.15) is 5.21 Å². The number of nitrogens with one attached hydrogen (secondary N) is 2. The minimum atomic E-state index is -0.0820. The van der Waals surface area contributed by atoms with Gasteiger partial charge in [0.15, 0.2) is 5.82 Å². The topological polar surface area (TPSA) is 83.6 Å². The summed E-state index contributed by atoms with van der Waals surface area (Å²) in [5.41, 5.74) is 2.70. The van der Waals surface area contributed by atoms with Gasteiger partial charge in [-0.3, -0.25) is 4.79 Å². The quantitative estimate of drug-likeness (QED) is 0.780. The molecule has 0 atom stereocenters. The molecular formula is C18H23N5O. The van der Waals surface area contributed by atoms with Crippen LogP contribution in [0.1, 0.15) is 61.4 Å². The second kappa shape index (κ2) is 6.34. The van der Waals surface area contributed by atoms with Crippen molar-refractivity contribution in [3.05, 3.63) is 41.2 Å². The molecule has 0 saturated heterocycles. The number of nitrogens with zero attached hydrogens (tertiary/aromatic N) is 3. The summed E-state index contributed by atoms with van der Waals surface area (Å²) in [6.07, 6.45) is 7.10. The van der Waals surface area contributed by atoms with Crippen LogP contribution >= 0.6 is 0 Å². The Bertz CT molecular complexity index is 687. The van der Waals surface area contributed by atoms with Gasteiger partial charge in [0.1, 0.15) is 0 Å². The lowest BCUT2D eigenvalue weighted by molar-refractivity contribution is -0.121. The zero-order chi connectivity index (χ0) is 16.4. The van der Waals surface area contributed by atoms with Crippen molar-refractivity contribution >= 4 is 5.91 Å². The van der Waals surface area contributed by atoms with Crippen LogP contribution in [0.2, 0.25) is 0 Å². The molecule has 4 rings (SSSR count). The fourth-order valence-electron chi connectivity index (χ4n) is 3.20. The lowest BCUT2D eigenvalue weighted by Gasteiger charge is -2.12. The summed E-state index contributed by atoms with van der Waals surface area (Å²) < 4.78 is 0. The van der Waals surface area contributed by atoms with E-state index in [9.17, 15) is 4.79 Å². The second-order valence-electron chi connectivity index (χ2n) is 7.16. The Kier molecular flexibility index (Phi) is 4.04. The first-order valence-electron chi connectivity index (χ1n) is 8.85. The molecule has 6 nitrogen and oxygen atoms in total. The van der Waals surface area contributed by atoms with Gasteiger partial charge in [0.2, 0.25) is 5.91 Å². The molecule has 2 saturated carbocycles. The third-order valence-electron chi connectivity index (χ3n) is 5.19. The second-order valence-corrected chi connectivity index (χ2v) is 7.16. The van der Waals surface area contributed by atoms with E-state index in [0.29, 0.717) is 13.0 Å². The van der Waals surface area contributed by atoms with Gasteiger partial charge in [0.05, 0.1) is 5.41 Å². The number of aromatic nitrogens is 4. The predicted octanol–water partition coefficient (Wildman–Crippen LogP) is 2.25. The largest absolute Gasteiger partial charge is 0.355 e. The van der Waals surface area contributed by atoms with Crippen molar-refractivity contribution in [3.8, 4) is 0 Å². The SMILES string of the molecule is O=C(CCCc1ccc(C2CC2)cc1)NCC1(c2nn[nH]n2)CC1. The van der Waals surface area contributed by atoms with Crippen LogP contribution in [0.25, 0.3) is 0 Å². The van der Waals surface area contributed by atoms with E-state index in [4.69, 9.17) is 0 Å². The number of aryl methyl sites for hydroxylation is 1. The Hall–Kier alpha value is -2.24. The van der Waals surface area contributed by atoms with E-state index in [0.717, 1.165) is 37.4 Å². The van der Waals surface area contributed by atoms with E-state index in [1.165, 1.54) is 24.0 Å². The standard InChI is InChI=1S/C18H23N5O/c24-16(19-12-18(10-11-18)17-20-22-23-21-17)3-1-2-13-4-6-14(7-5-13)15-8-9-15/h4-7,15H,1-3,8-12H2,(H,19,24)(H,20,21,22,23). The van der Waals surface area contributed by atoms with Crippen LogP contribution in [0.15, 0.2) is 24.3 Å². The van der Waals surface area contributed by atoms with E-state index in [-0.39, 0.29) is 11.3 Å². The molecular weight excluding hydrogens is 302 g/mol. The van der Waals surface area contributed by atoms with Crippen molar-refractivity contribution in [2.45, 2.75) is 56.3 Å². The van der Waals surface area contributed by atoms with Gasteiger partial charge in [-0.15, -0.1) is 10.2 Å². The fraction of sp³-hybridized carbons (Fsp3) is 0.556. The van der Waals surface area contributed by atoms with Gasteiger partial charge in [-0.1, -0.05) is 29.5 Å². The minimum Gasteiger partial charge on any atom is -0.355 e. The maximum absolute atomic E-state index is 12.1. The molecule has 0 unspecified atom stereocenters. The van der Waals surface area contributed by atoms with Crippen molar-refractivity contribution in [2.24, 2.45) is 0 Å². The normalized spacial score (nSPS) is 18.3. The number of H-pyrrole nitrogens is 1. The summed E-state index contributed by atoms with van der Waals surface area (Å²) >= 11 is 0. The van der Waals surface area contributed by atoms with Crippen molar-refractivity contribution in [1.82, 2.24) is 25.9 Å². The number of hydrogen-bond acceptors (Lipinski definition) is 4. The van der Waals surface area contributed by atoms with E-state index in [1.807, 2.05) is 0 Å². The lowest BCUT2D eigenvalue weighted by Crippen LogP contribution is -2.32. The maximum atomic E-state index is 12.1. The van der Waals surface area contributed by atoms with E-state index in [2.05, 4.69) is 50.2 Å². The third kappa shape index (κ3) is 3.47. The number of rotatable bonds is 8. The highest BCUT2D eigenvalue weighted by Crippen LogP contribution is 2.45. The van der Waals surface area contributed by atoms with Gasteiger partial charge < -0.3 is 5.32 Å². The van der Waals surface area contributed by atoms with Crippen LogP contribution in [-0.4, -0.2) is 33.1 Å². The van der Waals surface area contributed by atoms with Gasteiger partial charge in [0.25, 0.3) is 0 Å². The Morgan fingerprint density at radius 2 is 2.04 bits per heavy atom. The molecule has 2 fully saturated rings. The van der Waals surface area contributed by atoms with Crippen LogP contribution in [0.4, 0.5) is 0 Å². The average Bonchev–Trinajstić information content (AvgIpc) is 3.54. The van der Waals surface area contributed by atoms with E-state index in [1.54, 1.807) is 0 Å². The highest BCUT2D eigenvalue weighted by molar-refractivity contribution is 5.76. The molecule has 2 aliphatic carbocycles. The zero-order valence-corrected chi connectivity index (χ0v) is 13.8. The lowest BCUT2D eigenvalue weighted by atomic mass is 10.0. The Morgan fingerprint density at radius 3 is 2.67 bits per heavy atom. The molecule has 126 valence electrons. The van der Waals surface area contributed by atoms with Crippen molar-refractivity contribution in [1.29, 1.82) is 0 Å². The summed E-state index contributed by atoms with van der Waals surface area (Å²) in [5.74, 6) is 1.64. The Balaban J connectivity index is 1.18. The highest BCUT2D eigenvalue weighted by Gasteiger charge is 2.48. The predicted molar refractivity (Wildman–Crippen MR) is 89.5 cm³/mol. The van der Waals surface area contributed by atoms with Crippen LogP contribution in [0, 0.1) is 0 Å². The molecule has 1 aromatic heterocycles. The maximum Gasteiger partial charge on any atom is 0.220 e. The van der Waals surface area contributed by atoms with Crippen LogP contribution in [0.5, 0.6) is 0 Å². The molecule has 0 aliphatic heterocycles. The van der Waals surface area contributed by atoms with Crippen LogP contribution < -0.4 is 5.32 Å². The summed E-state index contributed by atoms with van der Waals surface area (Å²) in [4.78, 5) is 12.1. The number of aromatic amines is 1. The molecule has 1 aromatic carbocycles. The van der Waals surface area contributed by atoms with Gasteiger partial charge in [-0.25, -0.2) is 0 Å². The molecule has 1 heterocycles. The third-order valence-corrected chi connectivity index (χ3v) is 5.19. The summed E-state index contributed by atoms with van der Waals surface area (Å²) in [5, 5.41) is 17.2. The van der Waals surface area contributed by atoms with E-state index >= 15 is 0 Å². The molecule has 0 spiro atoms. The number of amides is 1. The first kappa shape index (κ1) is 15.3. The number of tetrazole rings is 1. The number of carbonyl (C=O) groups is 1. The van der Waals surface area contributed by atoms with Crippen LogP contribution in [0.3, 0.4) is 0 Å². The van der Waals surface area contributed by atoms with Crippen molar-refractivity contribution < 1.29 is 4.79 Å². The van der Waals surface area contributed by atoms with Crippen LogP contribution in [-0.2, 0) is 16.6 Å². The van der Waals surface area contributed by atoms with Gasteiger partial charge >= 0.3 is 0 Å². The highest BCUT2D eigenvalue weighted by atomic mass is 16.1. The number of hydrogen-bond donors (Lipinski definition) is 2. The molecule has 2 aliphatic rings. The Labute approximate surface area is 141 Å². The molecule has 0 radical (unpaired) electrons. The molecule has 0 bridgehead atoms.